The summed E-state index contributed by atoms with van der Waals surface area (Å²) in [7, 11) is 0. The third-order valence-electron chi connectivity index (χ3n) is 3.97. The van der Waals surface area contributed by atoms with Gasteiger partial charge in [-0.15, -0.1) is 0 Å². The molecule has 140 valence electrons. The minimum atomic E-state index is 0.355. The highest BCUT2D eigenvalue weighted by atomic mass is 79.9. The molecule has 1 N–H and O–H groups in total. The van der Waals surface area contributed by atoms with Crippen LogP contribution in [0.15, 0.2) is 63.5 Å². The molecule has 3 aromatic carbocycles. The molecule has 6 heteroatoms. The fraction of sp³-hybridized carbons (Fsp3) is 0.143. The van der Waals surface area contributed by atoms with Crippen molar-refractivity contribution in [3.8, 4) is 5.75 Å². The lowest BCUT2D eigenvalue weighted by molar-refractivity contribution is 0.301. The van der Waals surface area contributed by atoms with Crippen LogP contribution >= 0.6 is 55.1 Å². The number of aryl methyl sites for hydroxylation is 1. The van der Waals surface area contributed by atoms with Crippen LogP contribution in [0.2, 0.25) is 10.0 Å². The van der Waals surface area contributed by atoms with Gasteiger partial charge in [0, 0.05) is 37.9 Å². The second-order valence-corrected chi connectivity index (χ2v) is 8.74. The molecule has 0 aliphatic rings. The molecule has 0 unspecified atom stereocenters. The van der Waals surface area contributed by atoms with E-state index in [9.17, 15) is 0 Å². The lowest BCUT2D eigenvalue weighted by Crippen LogP contribution is -2.05. The van der Waals surface area contributed by atoms with Crippen molar-refractivity contribution in [1.29, 1.82) is 0 Å². The van der Waals surface area contributed by atoms with Gasteiger partial charge >= 0.3 is 0 Å². The van der Waals surface area contributed by atoms with E-state index in [1.54, 1.807) is 6.07 Å². The lowest BCUT2D eigenvalue weighted by Gasteiger charge is -2.16. The molecule has 0 aromatic heterocycles. The van der Waals surface area contributed by atoms with Gasteiger partial charge in [0.2, 0.25) is 0 Å². The summed E-state index contributed by atoms with van der Waals surface area (Å²) >= 11 is 19.4. The van der Waals surface area contributed by atoms with Gasteiger partial charge in [-0.1, -0.05) is 57.3 Å². The first-order valence-electron chi connectivity index (χ1n) is 8.27. The predicted molar refractivity (Wildman–Crippen MR) is 121 cm³/mol. The molecule has 0 amide bonds. The van der Waals surface area contributed by atoms with Crippen LogP contribution < -0.4 is 10.1 Å². The zero-order valence-corrected chi connectivity index (χ0v) is 19.2. The summed E-state index contributed by atoms with van der Waals surface area (Å²) in [6, 6.07) is 17.7. The minimum absolute atomic E-state index is 0.355. The molecular formula is C21H17Br2Cl2NO. The van der Waals surface area contributed by atoms with Crippen molar-refractivity contribution in [3.63, 3.8) is 0 Å². The molecule has 0 saturated carbocycles. The van der Waals surface area contributed by atoms with E-state index in [2.05, 4.69) is 56.2 Å². The highest BCUT2D eigenvalue weighted by Gasteiger charge is 2.12. The number of hydrogen-bond donors (Lipinski definition) is 1. The summed E-state index contributed by atoms with van der Waals surface area (Å²) in [5.74, 6) is 0.782. The van der Waals surface area contributed by atoms with Crippen LogP contribution in [0.3, 0.4) is 0 Å². The molecule has 0 bridgehead atoms. The smallest absolute Gasteiger partial charge is 0.139 e. The summed E-state index contributed by atoms with van der Waals surface area (Å²) in [5.41, 5.74) is 4.19. The maximum absolute atomic E-state index is 6.26. The van der Waals surface area contributed by atoms with Gasteiger partial charge in [0.1, 0.15) is 12.4 Å². The first kappa shape index (κ1) is 20.5. The fourth-order valence-corrected chi connectivity index (χ4v) is 4.54. The average molecular weight is 530 g/mol. The highest BCUT2D eigenvalue weighted by molar-refractivity contribution is 9.11. The van der Waals surface area contributed by atoms with Crippen molar-refractivity contribution in [2.24, 2.45) is 0 Å². The van der Waals surface area contributed by atoms with Gasteiger partial charge < -0.3 is 10.1 Å². The maximum Gasteiger partial charge on any atom is 0.139 e. The second-order valence-electron chi connectivity index (χ2n) is 6.12. The number of rotatable bonds is 6. The molecule has 3 aromatic rings. The molecule has 0 atom stereocenters. The van der Waals surface area contributed by atoms with Crippen molar-refractivity contribution in [3.05, 3.63) is 90.3 Å². The summed E-state index contributed by atoms with van der Waals surface area (Å²) in [6.07, 6.45) is 0. The maximum atomic E-state index is 6.26. The van der Waals surface area contributed by atoms with Crippen LogP contribution in [0.5, 0.6) is 5.75 Å². The van der Waals surface area contributed by atoms with Crippen LogP contribution in [0, 0.1) is 6.92 Å². The van der Waals surface area contributed by atoms with Crippen molar-refractivity contribution < 1.29 is 4.74 Å². The number of halogens is 4. The first-order chi connectivity index (χ1) is 12.9. The SMILES string of the molecule is Cc1cccc(NCc2cc(Br)cc(Br)c2OCc2ccc(Cl)cc2Cl)c1. The average Bonchev–Trinajstić information content (AvgIpc) is 2.60. The van der Waals surface area contributed by atoms with E-state index in [1.807, 2.05) is 36.4 Å². The van der Waals surface area contributed by atoms with Gasteiger partial charge in [0.15, 0.2) is 0 Å². The van der Waals surface area contributed by atoms with Crippen molar-refractivity contribution in [2.45, 2.75) is 20.1 Å². The Morgan fingerprint density at radius 1 is 0.963 bits per heavy atom. The number of ether oxygens (including phenoxy) is 1. The lowest BCUT2D eigenvalue weighted by atomic mass is 10.1. The number of hydrogen-bond acceptors (Lipinski definition) is 2. The Hall–Kier alpha value is -1.20. The molecule has 0 fully saturated rings. The molecule has 0 aliphatic heterocycles. The largest absolute Gasteiger partial charge is 0.487 e. The predicted octanol–water partition coefficient (Wildman–Crippen LogP) is 8.02. The monoisotopic (exact) mass is 527 g/mol. The van der Waals surface area contributed by atoms with Crippen LogP contribution in [-0.4, -0.2) is 0 Å². The molecular weight excluding hydrogens is 513 g/mol. The fourth-order valence-electron chi connectivity index (χ4n) is 2.65. The summed E-state index contributed by atoms with van der Waals surface area (Å²) in [5, 5.41) is 4.65. The standard InChI is InChI=1S/C21H17Br2Cl2NO/c1-13-3-2-4-18(7-13)26-11-15-8-16(22)9-19(23)21(15)27-12-14-5-6-17(24)10-20(14)25/h2-10,26H,11-12H2,1H3. The molecule has 27 heavy (non-hydrogen) atoms. The summed E-state index contributed by atoms with van der Waals surface area (Å²) < 4.78 is 7.96. The third kappa shape index (κ3) is 5.64. The molecule has 0 heterocycles. The van der Waals surface area contributed by atoms with Crippen molar-refractivity contribution in [2.75, 3.05) is 5.32 Å². The Kier molecular flexibility index (Phi) is 7.10. The van der Waals surface area contributed by atoms with Crippen LogP contribution in [0.1, 0.15) is 16.7 Å². The summed E-state index contributed by atoms with van der Waals surface area (Å²) in [4.78, 5) is 0. The molecule has 3 rings (SSSR count). The number of nitrogens with one attached hydrogen (secondary N) is 1. The summed E-state index contributed by atoms with van der Waals surface area (Å²) in [6.45, 7) is 3.06. The quantitative estimate of drug-likeness (QED) is 0.349. The van der Waals surface area contributed by atoms with Gasteiger partial charge in [-0.2, -0.15) is 0 Å². The van der Waals surface area contributed by atoms with Crippen LogP contribution in [0.25, 0.3) is 0 Å². The van der Waals surface area contributed by atoms with Gasteiger partial charge in [-0.3, -0.25) is 0 Å². The second kappa shape index (κ2) is 9.33. The molecule has 0 radical (unpaired) electrons. The van der Waals surface area contributed by atoms with Gasteiger partial charge in [-0.25, -0.2) is 0 Å². The topological polar surface area (TPSA) is 21.3 Å². The Morgan fingerprint density at radius 2 is 1.78 bits per heavy atom. The zero-order valence-electron chi connectivity index (χ0n) is 14.5. The van der Waals surface area contributed by atoms with E-state index in [1.165, 1.54) is 5.56 Å². The van der Waals surface area contributed by atoms with E-state index in [0.29, 0.717) is 23.2 Å². The van der Waals surface area contributed by atoms with Gasteiger partial charge in [0.05, 0.1) is 4.47 Å². The van der Waals surface area contributed by atoms with Crippen LogP contribution in [-0.2, 0) is 13.2 Å². The van der Waals surface area contributed by atoms with Gasteiger partial charge in [-0.05, 0) is 64.8 Å². The molecule has 0 aliphatic carbocycles. The van der Waals surface area contributed by atoms with E-state index in [4.69, 9.17) is 27.9 Å². The van der Waals surface area contributed by atoms with E-state index >= 15 is 0 Å². The minimum Gasteiger partial charge on any atom is -0.487 e. The molecule has 0 saturated heterocycles. The normalized spacial score (nSPS) is 10.7. The first-order valence-corrected chi connectivity index (χ1v) is 10.6. The van der Waals surface area contributed by atoms with Crippen LogP contribution in [0.4, 0.5) is 5.69 Å². The zero-order chi connectivity index (χ0) is 19.4. The van der Waals surface area contributed by atoms with Crippen molar-refractivity contribution in [1.82, 2.24) is 0 Å². The number of benzene rings is 3. The number of anilines is 1. The third-order valence-corrected chi connectivity index (χ3v) is 5.61. The highest BCUT2D eigenvalue weighted by Crippen LogP contribution is 2.34. The van der Waals surface area contributed by atoms with Gasteiger partial charge in [0.25, 0.3) is 0 Å². The van der Waals surface area contributed by atoms with E-state index in [0.717, 1.165) is 31.5 Å². The molecule has 2 nitrogen and oxygen atoms in total. The van der Waals surface area contributed by atoms with E-state index < -0.39 is 0 Å². The Bertz CT molecular complexity index is 963. The molecule has 0 spiro atoms. The van der Waals surface area contributed by atoms with E-state index in [-0.39, 0.29) is 0 Å². The van der Waals surface area contributed by atoms with Crippen molar-refractivity contribution >= 4 is 60.7 Å². The Morgan fingerprint density at radius 3 is 2.52 bits per heavy atom. The Balaban J connectivity index is 1.79. The Labute approximate surface area is 186 Å².